The number of nitrogens with one attached hydrogen (secondary N) is 1. The van der Waals surface area contributed by atoms with Gasteiger partial charge in [-0.15, -0.1) is 0 Å². The van der Waals surface area contributed by atoms with Gasteiger partial charge in [0.1, 0.15) is 6.17 Å². The van der Waals surface area contributed by atoms with Gasteiger partial charge in [-0.05, 0) is 29.8 Å². The van der Waals surface area contributed by atoms with Crippen molar-refractivity contribution in [3.8, 4) is 0 Å². The van der Waals surface area contributed by atoms with Crippen molar-refractivity contribution in [3.05, 3.63) is 65.1 Å². The van der Waals surface area contributed by atoms with Gasteiger partial charge in [-0.25, -0.2) is 0 Å². The van der Waals surface area contributed by atoms with E-state index in [1.165, 1.54) is 0 Å². The van der Waals surface area contributed by atoms with Gasteiger partial charge in [-0.2, -0.15) is 0 Å². The molecule has 18 heavy (non-hydrogen) atoms. The van der Waals surface area contributed by atoms with Crippen LogP contribution < -0.4 is 5.32 Å². The Kier molecular flexibility index (Phi) is 2.46. The van der Waals surface area contributed by atoms with Gasteiger partial charge < -0.3 is 15.6 Å². The fraction of sp³-hybridized carbons (Fsp3) is 0.0769. The van der Waals surface area contributed by atoms with Crippen LogP contribution in [-0.2, 0) is 0 Å². The molecule has 1 amide bonds. The quantitative estimate of drug-likeness (QED) is 0.829. The molecule has 1 aromatic heterocycles. The molecular formula is C13H10N3O2-. The van der Waals surface area contributed by atoms with E-state index in [0.717, 1.165) is 0 Å². The van der Waals surface area contributed by atoms with Crippen LogP contribution in [0.1, 0.15) is 22.1 Å². The normalized spacial score (nSPS) is 18.2. The number of aromatic nitrogens is 1. The summed E-state index contributed by atoms with van der Waals surface area (Å²) in [4.78, 5) is 15.9. The maximum absolute atomic E-state index is 12.0. The zero-order chi connectivity index (χ0) is 12.5. The molecule has 5 heteroatoms. The first-order valence-corrected chi connectivity index (χ1v) is 5.53. The van der Waals surface area contributed by atoms with Crippen LogP contribution >= 0.6 is 0 Å². The molecule has 1 unspecified atom stereocenters. The van der Waals surface area contributed by atoms with Crippen LogP contribution in [-0.4, -0.2) is 16.0 Å². The molecule has 0 spiro atoms. The van der Waals surface area contributed by atoms with Gasteiger partial charge in [0.2, 0.25) is 5.91 Å². The molecule has 3 rings (SSSR count). The van der Waals surface area contributed by atoms with E-state index in [0.29, 0.717) is 21.9 Å². The van der Waals surface area contributed by atoms with E-state index in [-0.39, 0.29) is 0 Å². The third-order valence-electron chi connectivity index (χ3n) is 2.91. The summed E-state index contributed by atoms with van der Waals surface area (Å²) in [7, 11) is 0. The number of hydroxylamine groups is 2. The van der Waals surface area contributed by atoms with Gasteiger partial charge in [0.15, 0.2) is 0 Å². The highest BCUT2D eigenvalue weighted by Gasteiger charge is 2.26. The van der Waals surface area contributed by atoms with Crippen molar-refractivity contribution in [2.75, 3.05) is 5.32 Å². The molecule has 1 aromatic carbocycles. The minimum atomic E-state index is -0.699. The summed E-state index contributed by atoms with van der Waals surface area (Å²) in [5, 5.41) is 15.5. The minimum absolute atomic E-state index is 0.401. The van der Waals surface area contributed by atoms with Crippen LogP contribution in [0.25, 0.3) is 0 Å². The molecule has 1 N–H and O–H groups in total. The van der Waals surface area contributed by atoms with Crippen LogP contribution in [0.3, 0.4) is 0 Å². The van der Waals surface area contributed by atoms with E-state index < -0.39 is 12.1 Å². The second kappa shape index (κ2) is 4.12. The Morgan fingerprint density at radius 2 is 1.89 bits per heavy atom. The smallest absolute Gasteiger partial charge is 0.247 e. The van der Waals surface area contributed by atoms with Gasteiger partial charge in [0.05, 0.1) is 5.56 Å². The zero-order valence-corrected chi connectivity index (χ0v) is 9.41. The van der Waals surface area contributed by atoms with E-state index in [2.05, 4.69) is 10.3 Å². The maximum atomic E-state index is 12.0. The lowest BCUT2D eigenvalue weighted by Gasteiger charge is -2.42. The molecule has 0 saturated carbocycles. The Hall–Kier alpha value is -2.40. The molecular weight excluding hydrogens is 230 g/mol. The molecule has 0 bridgehead atoms. The van der Waals surface area contributed by atoms with Gasteiger partial charge in [-0.3, -0.25) is 9.78 Å². The van der Waals surface area contributed by atoms with E-state index in [1.54, 1.807) is 42.7 Å². The molecule has 2 aromatic rings. The summed E-state index contributed by atoms with van der Waals surface area (Å²) in [5.74, 6) is -0.522. The first kappa shape index (κ1) is 10.7. The van der Waals surface area contributed by atoms with Crippen LogP contribution in [0.15, 0.2) is 48.8 Å². The molecule has 0 saturated heterocycles. The molecule has 1 aliphatic heterocycles. The maximum Gasteiger partial charge on any atom is 0.247 e. The fourth-order valence-electron chi connectivity index (χ4n) is 2.00. The van der Waals surface area contributed by atoms with Crippen LogP contribution in [0.2, 0.25) is 0 Å². The van der Waals surface area contributed by atoms with Crippen LogP contribution in [0.5, 0.6) is 0 Å². The molecule has 0 aliphatic carbocycles. The fourth-order valence-corrected chi connectivity index (χ4v) is 2.00. The molecule has 90 valence electrons. The van der Waals surface area contributed by atoms with Crippen molar-refractivity contribution in [1.29, 1.82) is 0 Å². The van der Waals surface area contributed by atoms with Crippen molar-refractivity contribution < 1.29 is 4.79 Å². The molecule has 2 heterocycles. The number of pyridine rings is 1. The predicted molar refractivity (Wildman–Crippen MR) is 66.6 cm³/mol. The summed E-state index contributed by atoms with van der Waals surface area (Å²) in [6.07, 6.45) is 2.49. The Balaban J connectivity index is 2.04. The highest BCUT2D eigenvalue weighted by Crippen LogP contribution is 2.31. The third kappa shape index (κ3) is 1.61. The summed E-state index contributed by atoms with van der Waals surface area (Å²) in [6.45, 7) is 0. The number of carbonyl (C=O) groups is 1. The first-order valence-electron chi connectivity index (χ1n) is 5.53. The number of fused-ring (bicyclic) bond motifs is 1. The average Bonchev–Trinajstić information content (AvgIpc) is 2.44. The summed E-state index contributed by atoms with van der Waals surface area (Å²) in [5.41, 5.74) is 1.79. The topological polar surface area (TPSA) is 68.3 Å². The Bertz CT molecular complexity index is 586. The molecule has 5 nitrogen and oxygen atoms in total. The number of rotatable bonds is 1. The van der Waals surface area contributed by atoms with Crippen molar-refractivity contribution >= 4 is 11.6 Å². The first-order chi connectivity index (χ1) is 8.77. The Labute approximate surface area is 104 Å². The highest BCUT2D eigenvalue weighted by atomic mass is 16.5. The van der Waals surface area contributed by atoms with Crippen molar-refractivity contribution in [2.24, 2.45) is 0 Å². The number of anilines is 1. The number of amides is 1. The summed E-state index contributed by atoms with van der Waals surface area (Å²) in [6, 6.07) is 10.4. The average molecular weight is 240 g/mol. The van der Waals surface area contributed by atoms with Crippen molar-refractivity contribution in [3.63, 3.8) is 0 Å². The second-order valence-corrected chi connectivity index (χ2v) is 4.00. The van der Waals surface area contributed by atoms with Gasteiger partial charge in [0.25, 0.3) is 0 Å². The lowest BCUT2D eigenvalue weighted by molar-refractivity contribution is 0.0771. The monoisotopic (exact) mass is 240 g/mol. The highest BCUT2D eigenvalue weighted by molar-refractivity contribution is 6.01. The molecule has 0 radical (unpaired) electrons. The predicted octanol–water partition coefficient (Wildman–Crippen LogP) is 2.15. The lowest BCUT2D eigenvalue weighted by Crippen LogP contribution is -2.38. The standard InChI is InChI=1S/C13H10N3O2/c17-13-10-3-1-2-4-11(10)15-12(16(13)18)9-5-7-14-8-6-9/h1-8,12,15H/q-1. The van der Waals surface area contributed by atoms with Gasteiger partial charge in [-0.1, -0.05) is 12.1 Å². The summed E-state index contributed by atoms with van der Waals surface area (Å²) < 4.78 is 0. The third-order valence-corrected chi connectivity index (χ3v) is 2.91. The number of hydrogen-bond acceptors (Lipinski definition) is 4. The van der Waals surface area contributed by atoms with E-state index in [9.17, 15) is 10.0 Å². The van der Waals surface area contributed by atoms with Gasteiger partial charge in [0, 0.05) is 18.1 Å². The van der Waals surface area contributed by atoms with E-state index in [4.69, 9.17) is 0 Å². The number of nitrogens with zero attached hydrogens (tertiary/aromatic N) is 2. The zero-order valence-electron chi connectivity index (χ0n) is 9.41. The second-order valence-electron chi connectivity index (χ2n) is 4.00. The number of hydrogen-bond donors (Lipinski definition) is 1. The Morgan fingerprint density at radius 3 is 2.67 bits per heavy atom. The van der Waals surface area contributed by atoms with Crippen molar-refractivity contribution in [1.82, 2.24) is 10.0 Å². The number of para-hydroxylation sites is 1. The number of benzene rings is 1. The summed E-state index contributed by atoms with van der Waals surface area (Å²) >= 11 is 0. The van der Waals surface area contributed by atoms with Crippen LogP contribution in [0, 0.1) is 5.21 Å². The number of carbonyl (C=O) groups excluding carboxylic acids is 1. The minimum Gasteiger partial charge on any atom is -0.754 e. The van der Waals surface area contributed by atoms with E-state index in [1.807, 2.05) is 6.07 Å². The van der Waals surface area contributed by atoms with E-state index >= 15 is 0 Å². The lowest BCUT2D eigenvalue weighted by atomic mass is 10.1. The molecule has 1 aliphatic rings. The Morgan fingerprint density at radius 1 is 1.17 bits per heavy atom. The van der Waals surface area contributed by atoms with Gasteiger partial charge >= 0.3 is 0 Å². The largest absolute Gasteiger partial charge is 0.754 e. The SMILES string of the molecule is O=C1c2ccccc2NC(c2ccncc2)N1[O-]. The van der Waals surface area contributed by atoms with Crippen LogP contribution in [0.4, 0.5) is 5.69 Å². The molecule has 1 atom stereocenters. The molecule has 0 fully saturated rings. The van der Waals surface area contributed by atoms with Crippen molar-refractivity contribution in [2.45, 2.75) is 6.17 Å².